The molecule has 1 aliphatic heterocycles. The molecular formula is C17H14FNO2. The summed E-state index contributed by atoms with van der Waals surface area (Å²) in [6, 6.07) is 8.07. The smallest absolute Gasteiger partial charge is 0.266 e. The summed E-state index contributed by atoms with van der Waals surface area (Å²) in [5, 5.41) is 0. The maximum atomic E-state index is 14.1. The van der Waals surface area contributed by atoms with Crippen molar-refractivity contribution in [1.29, 1.82) is 0 Å². The van der Waals surface area contributed by atoms with Crippen LogP contribution in [0, 0.1) is 26.6 Å². The Kier molecular flexibility index (Phi) is 2.90. The molecule has 4 heteroatoms. The van der Waals surface area contributed by atoms with E-state index in [0.717, 1.165) is 21.6 Å². The normalized spacial score (nSPS) is 13.8. The zero-order valence-corrected chi connectivity index (χ0v) is 12.0. The second kappa shape index (κ2) is 4.52. The van der Waals surface area contributed by atoms with Crippen LogP contribution in [0.5, 0.6) is 0 Å². The summed E-state index contributed by atoms with van der Waals surface area (Å²) in [4.78, 5) is 26.0. The van der Waals surface area contributed by atoms with Crippen LogP contribution in [0.1, 0.15) is 37.4 Å². The molecule has 0 spiro atoms. The van der Waals surface area contributed by atoms with Gasteiger partial charge in [-0.3, -0.25) is 9.59 Å². The molecule has 0 saturated carbocycles. The number of hydrogen-bond donors (Lipinski definition) is 0. The average Bonchev–Trinajstić information content (AvgIpc) is 2.68. The number of nitrogens with zero attached hydrogens (tertiary/aromatic N) is 1. The van der Waals surface area contributed by atoms with Gasteiger partial charge in [0.2, 0.25) is 0 Å². The van der Waals surface area contributed by atoms with Crippen molar-refractivity contribution in [1.82, 2.24) is 0 Å². The molecule has 2 amide bonds. The highest BCUT2D eigenvalue weighted by atomic mass is 19.1. The Hall–Kier alpha value is -2.49. The predicted octanol–water partition coefficient (Wildman–Crippen LogP) is 3.55. The molecule has 21 heavy (non-hydrogen) atoms. The van der Waals surface area contributed by atoms with E-state index < -0.39 is 17.6 Å². The lowest BCUT2D eigenvalue weighted by Crippen LogP contribution is -2.30. The summed E-state index contributed by atoms with van der Waals surface area (Å²) in [6.07, 6.45) is 0. The zero-order chi connectivity index (χ0) is 15.3. The van der Waals surface area contributed by atoms with Crippen molar-refractivity contribution < 1.29 is 14.0 Å². The van der Waals surface area contributed by atoms with E-state index in [-0.39, 0.29) is 5.69 Å². The van der Waals surface area contributed by atoms with Crippen LogP contribution in [-0.4, -0.2) is 11.8 Å². The molecule has 0 atom stereocenters. The summed E-state index contributed by atoms with van der Waals surface area (Å²) in [5.41, 5.74) is 2.94. The van der Waals surface area contributed by atoms with Crippen molar-refractivity contribution >= 4 is 17.5 Å². The zero-order valence-electron chi connectivity index (χ0n) is 12.0. The first-order valence-corrected chi connectivity index (χ1v) is 6.67. The van der Waals surface area contributed by atoms with E-state index in [4.69, 9.17) is 0 Å². The van der Waals surface area contributed by atoms with Crippen LogP contribution in [0.2, 0.25) is 0 Å². The Labute approximate surface area is 122 Å². The van der Waals surface area contributed by atoms with Gasteiger partial charge in [-0.05, 0) is 49.6 Å². The molecule has 0 saturated heterocycles. The largest absolute Gasteiger partial charge is 0.268 e. The highest BCUT2D eigenvalue weighted by Crippen LogP contribution is 2.33. The van der Waals surface area contributed by atoms with Gasteiger partial charge in [0.1, 0.15) is 5.82 Å². The SMILES string of the molecule is Cc1ccc(N2C(=O)c3c(C)ccc(C)c3C2=O)c(F)c1. The van der Waals surface area contributed by atoms with E-state index in [1.807, 2.05) is 0 Å². The van der Waals surface area contributed by atoms with E-state index in [0.29, 0.717) is 11.1 Å². The average molecular weight is 283 g/mol. The molecule has 0 N–H and O–H groups in total. The van der Waals surface area contributed by atoms with Crippen LogP contribution in [-0.2, 0) is 0 Å². The molecule has 0 fully saturated rings. The molecule has 0 radical (unpaired) electrons. The summed E-state index contributed by atoms with van der Waals surface area (Å²) in [6.45, 7) is 5.31. The van der Waals surface area contributed by atoms with Gasteiger partial charge < -0.3 is 0 Å². The molecule has 3 rings (SSSR count). The van der Waals surface area contributed by atoms with Crippen LogP contribution in [0.3, 0.4) is 0 Å². The second-order valence-corrected chi connectivity index (χ2v) is 5.35. The monoisotopic (exact) mass is 283 g/mol. The summed E-state index contributed by atoms with van der Waals surface area (Å²) < 4.78 is 14.1. The molecule has 0 aliphatic carbocycles. The third-order valence-corrected chi connectivity index (χ3v) is 3.80. The fourth-order valence-corrected chi connectivity index (χ4v) is 2.69. The third-order valence-electron chi connectivity index (χ3n) is 3.80. The molecule has 2 aromatic carbocycles. The van der Waals surface area contributed by atoms with Crippen LogP contribution < -0.4 is 4.90 Å². The molecule has 2 aromatic rings. The van der Waals surface area contributed by atoms with Crippen molar-refractivity contribution in [3.05, 3.63) is 64.0 Å². The van der Waals surface area contributed by atoms with Gasteiger partial charge in [0.15, 0.2) is 0 Å². The van der Waals surface area contributed by atoms with Gasteiger partial charge in [-0.15, -0.1) is 0 Å². The Balaban J connectivity index is 2.21. The lowest BCUT2D eigenvalue weighted by molar-refractivity contribution is 0.0924. The van der Waals surface area contributed by atoms with E-state index in [9.17, 15) is 14.0 Å². The number of benzene rings is 2. The predicted molar refractivity (Wildman–Crippen MR) is 78.2 cm³/mol. The quantitative estimate of drug-likeness (QED) is 0.750. The number of fused-ring (bicyclic) bond motifs is 1. The maximum Gasteiger partial charge on any atom is 0.266 e. The molecular weight excluding hydrogens is 269 g/mol. The third kappa shape index (κ3) is 1.87. The van der Waals surface area contributed by atoms with E-state index >= 15 is 0 Å². The standard InChI is InChI=1S/C17H14FNO2/c1-9-4-7-13(12(18)8-9)19-16(20)14-10(2)5-6-11(3)15(14)17(19)21/h4-8H,1-3H3. The van der Waals surface area contributed by atoms with Gasteiger partial charge in [0.05, 0.1) is 16.8 Å². The Morgan fingerprint density at radius 2 is 1.38 bits per heavy atom. The fraction of sp³-hybridized carbons (Fsp3) is 0.176. The van der Waals surface area contributed by atoms with Gasteiger partial charge >= 0.3 is 0 Å². The first-order chi connectivity index (χ1) is 9.91. The molecule has 0 unspecified atom stereocenters. The highest BCUT2D eigenvalue weighted by molar-refractivity contribution is 6.35. The number of carbonyl (C=O) groups is 2. The minimum Gasteiger partial charge on any atom is -0.268 e. The van der Waals surface area contributed by atoms with E-state index in [2.05, 4.69) is 0 Å². The van der Waals surface area contributed by atoms with Gasteiger partial charge in [-0.1, -0.05) is 18.2 Å². The Bertz CT molecular complexity index is 755. The molecule has 1 heterocycles. The first kappa shape index (κ1) is 13.5. The second-order valence-electron chi connectivity index (χ2n) is 5.35. The summed E-state index contributed by atoms with van der Waals surface area (Å²) >= 11 is 0. The van der Waals surface area contributed by atoms with Crippen LogP contribution in [0.15, 0.2) is 30.3 Å². The van der Waals surface area contributed by atoms with Crippen LogP contribution >= 0.6 is 0 Å². The van der Waals surface area contributed by atoms with Crippen molar-refractivity contribution in [3.8, 4) is 0 Å². The van der Waals surface area contributed by atoms with Crippen molar-refractivity contribution in [2.45, 2.75) is 20.8 Å². The number of amides is 2. The lowest BCUT2D eigenvalue weighted by Gasteiger charge is -2.15. The molecule has 106 valence electrons. The van der Waals surface area contributed by atoms with Crippen molar-refractivity contribution in [2.75, 3.05) is 4.90 Å². The topological polar surface area (TPSA) is 37.4 Å². The molecule has 3 nitrogen and oxygen atoms in total. The fourth-order valence-electron chi connectivity index (χ4n) is 2.69. The van der Waals surface area contributed by atoms with E-state index in [1.165, 1.54) is 12.1 Å². The number of hydrogen-bond acceptors (Lipinski definition) is 2. The summed E-state index contributed by atoms with van der Waals surface area (Å²) in [5.74, 6) is -1.49. The number of halogens is 1. The van der Waals surface area contributed by atoms with Crippen molar-refractivity contribution in [3.63, 3.8) is 0 Å². The lowest BCUT2D eigenvalue weighted by atomic mass is 9.99. The number of imide groups is 1. The number of anilines is 1. The molecule has 0 bridgehead atoms. The Morgan fingerprint density at radius 1 is 0.857 bits per heavy atom. The minimum atomic E-state index is -0.570. The van der Waals surface area contributed by atoms with Gasteiger partial charge in [-0.2, -0.15) is 0 Å². The number of carbonyl (C=O) groups excluding carboxylic acids is 2. The van der Waals surface area contributed by atoms with Crippen LogP contribution in [0.4, 0.5) is 10.1 Å². The first-order valence-electron chi connectivity index (χ1n) is 6.67. The van der Waals surface area contributed by atoms with E-state index in [1.54, 1.807) is 39.0 Å². The molecule has 0 aromatic heterocycles. The van der Waals surface area contributed by atoms with Crippen LogP contribution in [0.25, 0.3) is 0 Å². The van der Waals surface area contributed by atoms with Gasteiger partial charge in [0.25, 0.3) is 11.8 Å². The van der Waals surface area contributed by atoms with Gasteiger partial charge in [-0.25, -0.2) is 9.29 Å². The number of rotatable bonds is 1. The van der Waals surface area contributed by atoms with Gasteiger partial charge in [0, 0.05) is 0 Å². The summed E-state index contributed by atoms with van der Waals surface area (Å²) in [7, 11) is 0. The number of aryl methyl sites for hydroxylation is 3. The Morgan fingerprint density at radius 3 is 1.86 bits per heavy atom. The maximum absolute atomic E-state index is 14.1. The highest BCUT2D eigenvalue weighted by Gasteiger charge is 2.39. The van der Waals surface area contributed by atoms with Crippen molar-refractivity contribution in [2.24, 2.45) is 0 Å². The minimum absolute atomic E-state index is 0.00519. The molecule has 1 aliphatic rings.